The van der Waals surface area contributed by atoms with Gasteiger partial charge < -0.3 is 24.3 Å². The number of aromatic nitrogens is 2. The van der Waals surface area contributed by atoms with Crippen LogP contribution >= 0.6 is 0 Å². The Labute approximate surface area is 169 Å². The standard InChI is InChI=1S/C20H25N3O6/c1-12(18(25)29-20(2,3)4)21-17(24)13-9-7-8-10-14(13)28-19-22-15(26-5)11-16(23-19)27-6/h7-12H,1-6H3,(H,21,24)/t12-/m0/s1. The normalized spacial score (nSPS) is 11.9. The van der Waals surface area contributed by atoms with Crippen LogP contribution in [-0.2, 0) is 9.53 Å². The third-order valence-corrected chi connectivity index (χ3v) is 3.52. The quantitative estimate of drug-likeness (QED) is 0.703. The first kappa shape index (κ1) is 21.9. The Kier molecular flexibility index (Phi) is 6.98. The SMILES string of the molecule is COc1cc(OC)nc(Oc2ccccc2C(=O)N[C@@H](C)C(=O)OC(C)(C)C)n1. The smallest absolute Gasteiger partial charge is 0.328 e. The summed E-state index contributed by atoms with van der Waals surface area (Å²) in [6, 6.07) is 7.11. The van der Waals surface area contributed by atoms with Crippen molar-refractivity contribution in [1.29, 1.82) is 0 Å². The van der Waals surface area contributed by atoms with E-state index in [-0.39, 0.29) is 29.1 Å². The first-order valence-corrected chi connectivity index (χ1v) is 8.90. The van der Waals surface area contributed by atoms with Gasteiger partial charge in [0.25, 0.3) is 5.91 Å². The Morgan fingerprint density at radius 1 is 1.03 bits per heavy atom. The van der Waals surface area contributed by atoms with Crippen molar-refractivity contribution in [3.8, 4) is 23.5 Å². The van der Waals surface area contributed by atoms with Gasteiger partial charge in [0, 0.05) is 0 Å². The maximum atomic E-state index is 12.7. The topological polar surface area (TPSA) is 109 Å². The minimum Gasteiger partial charge on any atom is -0.481 e. The van der Waals surface area contributed by atoms with Crippen LogP contribution in [0.4, 0.5) is 0 Å². The highest BCUT2D eigenvalue weighted by atomic mass is 16.6. The van der Waals surface area contributed by atoms with Crippen molar-refractivity contribution >= 4 is 11.9 Å². The van der Waals surface area contributed by atoms with Crippen molar-refractivity contribution in [2.24, 2.45) is 0 Å². The lowest BCUT2D eigenvalue weighted by atomic mass is 10.1. The second kappa shape index (κ2) is 9.22. The van der Waals surface area contributed by atoms with Gasteiger partial charge in [0.05, 0.1) is 25.8 Å². The largest absolute Gasteiger partial charge is 0.481 e. The molecule has 1 aromatic heterocycles. The fourth-order valence-corrected chi connectivity index (χ4v) is 2.20. The van der Waals surface area contributed by atoms with Crippen molar-refractivity contribution in [3.63, 3.8) is 0 Å². The van der Waals surface area contributed by atoms with E-state index >= 15 is 0 Å². The lowest BCUT2D eigenvalue weighted by Crippen LogP contribution is -2.42. The molecule has 1 atom stereocenters. The van der Waals surface area contributed by atoms with E-state index in [1.165, 1.54) is 20.3 Å². The van der Waals surface area contributed by atoms with Crippen molar-refractivity contribution in [2.45, 2.75) is 39.3 Å². The van der Waals surface area contributed by atoms with E-state index in [2.05, 4.69) is 15.3 Å². The number of rotatable bonds is 7. The molecule has 0 saturated heterocycles. The summed E-state index contributed by atoms with van der Waals surface area (Å²) in [5.74, 6) is -0.352. The van der Waals surface area contributed by atoms with Crippen LogP contribution in [0.5, 0.6) is 23.5 Å². The number of esters is 1. The highest BCUT2D eigenvalue weighted by Crippen LogP contribution is 2.26. The zero-order chi connectivity index (χ0) is 21.6. The van der Waals surface area contributed by atoms with Crippen LogP contribution in [-0.4, -0.2) is 47.7 Å². The number of hydrogen-bond donors (Lipinski definition) is 1. The minimum atomic E-state index is -0.844. The van der Waals surface area contributed by atoms with Crippen LogP contribution in [0.1, 0.15) is 38.1 Å². The van der Waals surface area contributed by atoms with Gasteiger partial charge in [-0.3, -0.25) is 4.79 Å². The van der Waals surface area contributed by atoms with Crippen LogP contribution in [0.3, 0.4) is 0 Å². The lowest BCUT2D eigenvalue weighted by Gasteiger charge is -2.22. The van der Waals surface area contributed by atoms with Crippen LogP contribution in [0.15, 0.2) is 30.3 Å². The summed E-state index contributed by atoms with van der Waals surface area (Å²) >= 11 is 0. The molecular weight excluding hydrogens is 378 g/mol. The number of ether oxygens (including phenoxy) is 4. The number of amides is 1. The molecule has 0 saturated carbocycles. The molecule has 0 aliphatic rings. The number of nitrogens with zero attached hydrogens (tertiary/aromatic N) is 2. The number of methoxy groups -OCH3 is 2. The van der Waals surface area contributed by atoms with Crippen LogP contribution in [0.25, 0.3) is 0 Å². The molecule has 2 aromatic rings. The Morgan fingerprint density at radius 2 is 1.62 bits per heavy atom. The summed E-state index contributed by atoms with van der Waals surface area (Å²) in [6.07, 6.45) is 0. The molecule has 0 fully saturated rings. The van der Waals surface area contributed by atoms with Gasteiger partial charge in [-0.25, -0.2) is 4.79 Å². The summed E-state index contributed by atoms with van der Waals surface area (Å²) in [7, 11) is 2.90. The summed E-state index contributed by atoms with van der Waals surface area (Å²) in [5, 5.41) is 2.61. The van der Waals surface area contributed by atoms with Crippen LogP contribution < -0.4 is 19.5 Å². The molecule has 1 heterocycles. The predicted molar refractivity (Wildman–Crippen MR) is 104 cm³/mol. The molecule has 1 amide bonds. The Hall–Kier alpha value is -3.36. The third kappa shape index (κ3) is 6.34. The molecule has 0 radical (unpaired) electrons. The van der Waals surface area contributed by atoms with Gasteiger partial charge in [0.2, 0.25) is 11.8 Å². The molecule has 0 aliphatic heterocycles. The second-order valence-corrected chi connectivity index (χ2v) is 7.06. The van der Waals surface area contributed by atoms with Gasteiger partial charge in [-0.1, -0.05) is 12.1 Å². The Balaban J connectivity index is 2.20. The molecule has 1 N–H and O–H groups in total. The van der Waals surface area contributed by atoms with Crippen molar-refractivity contribution in [3.05, 3.63) is 35.9 Å². The number of hydrogen-bond acceptors (Lipinski definition) is 8. The monoisotopic (exact) mass is 403 g/mol. The zero-order valence-corrected chi connectivity index (χ0v) is 17.3. The van der Waals surface area contributed by atoms with E-state index < -0.39 is 23.5 Å². The summed E-state index contributed by atoms with van der Waals surface area (Å²) in [5.41, 5.74) is -0.451. The number of carbonyl (C=O) groups is 2. The Bertz CT molecular complexity index is 857. The van der Waals surface area contributed by atoms with E-state index in [0.717, 1.165) is 0 Å². The fourth-order valence-electron chi connectivity index (χ4n) is 2.20. The van der Waals surface area contributed by atoms with E-state index in [9.17, 15) is 9.59 Å². The molecule has 0 spiro atoms. The van der Waals surface area contributed by atoms with E-state index in [1.54, 1.807) is 52.0 Å². The summed E-state index contributed by atoms with van der Waals surface area (Å²) in [6.45, 7) is 6.81. The minimum absolute atomic E-state index is 0.0540. The fraction of sp³-hybridized carbons (Fsp3) is 0.400. The summed E-state index contributed by atoms with van der Waals surface area (Å²) in [4.78, 5) is 33.0. The van der Waals surface area contributed by atoms with Crippen LogP contribution in [0.2, 0.25) is 0 Å². The second-order valence-electron chi connectivity index (χ2n) is 7.06. The van der Waals surface area contributed by atoms with Gasteiger partial charge in [-0.05, 0) is 39.8 Å². The molecule has 9 heteroatoms. The molecule has 2 rings (SSSR count). The molecule has 29 heavy (non-hydrogen) atoms. The maximum absolute atomic E-state index is 12.7. The first-order chi connectivity index (χ1) is 13.6. The van der Waals surface area contributed by atoms with Crippen molar-refractivity contribution in [2.75, 3.05) is 14.2 Å². The average molecular weight is 403 g/mol. The third-order valence-electron chi connectivity index (χ3n) is 3.52. The average Bonchev–Trinajstić information content (AvgIpc) is 2.66. The number of para-hydroxylation sites is 1. The number of carbonyl (C=O) groups excluding carboxylic acids is 2. The lowest BCUT2D eigenvalue weighted by molar-refractivity contribution is -0.156. The Morgan fingerprint density at radius 3 is 2.17 bits per heavy atom. The number of benzene rings is 1. The van der Waals surface area contributed by atoms with Crippen LogP contribution in [0, 0.1) is 0 Å². The molecule has 156 valence electrons. The highest BCUT2D eigenvalue weighted by Gasteiger charge is 2.24. The van der Waals surface area contributed by atoms with Gasteiger partial charge in [0.1, 0.15) is 17.4 Å². The highest BCUT2D eigenvalue weighted by molar-refractivity contribution is 5.99. The molecule has 0 aliphatic carbocycles. The summed E-state index contributed by atoms with van der Waals surface area (Å²) < 4.78 is 21.1. The van der Waals surface area contributed by atoms with Gasteiger partial charge in [-0.2, -0.15) is 9.97 Å². The van der Waals surface area contributed by atoms with Gasteiger partial charge >= 0.3 is 12.0 Å². The van der Waals surface area contributed by atoms with E-state index in [1.807, 2.05) is 0 Å². The van der Waals surface area contributed by atoms with Gasteiger partial charge in [-0.15, -0.1) is 0 Å². The molecule has 0 unspecified atom stereocenters. The van der Waals surface area contributed by atoms with Crippen molar-refractivity contribution < 1.29 is 28.5 Å². The predicted octanol–water partition coefficient (Wildman–Crippen LogP) is 2.75. The van der Waals surface area contributed by atoms with Gasteiger partial charge in [0.15, 0.2) is 0 Å². The molecule has 0 bridgehead atoms. The maximum Gasteiger partial charge on any atom is 0.328 e. The molecule has 9 nitrogen and oxygen atoms in total. The van der Waals surface area contributed by atoms with Crippen molar-refractivity contribution in [1.82, 2.24) is 15.3 Å². The molecule has 1 aromatic carbocycles. The zero-order valence-electron chi connectivity index (χ0n) is 17.3. The van der Waals surface area contributed by atoms with E-state index in [4.69, 9.17) is 18.9 Å². The molecular formula is C20H25N3O6. The van der Waals surface area contributed by atoms with E-state index in [0.29, 0.717) is 0 Å². The first-order valence-electron chi connectivity index (χ1n) is 8.90. The number of nitrogens with one attached hydrogen (secondary N) is 1.